The molecule has 21 heavy (non-hydrogen) atoms. The lowest BCUT2D eigenvalue weighted by molar-refractivity contribution is -0.131. The zero-order valence-electron chi connectivity index (χ0n) is 12.3. The van der Waals surface area contributed by atoms with Gasteiger partial charge in [-0.05, 0) is 49.4 Å². The largest absolute Gasteiger partial charge is 0.337 e. The van der Waals surface area contributed by atoms with Gasteiger partial charge in [0.1, 0.15) is 0 Å². The average molecular weight is 317 g/mol. The Hall–Kier alpha value is -1.26. The Kier molecular flexibility index (Phi) is 4.36. The van der Waals surface area contributed by atoms with Crippen LogP contribution in [0.25, 0.3) is 0 Å². The highest BCUT2D eigenvalue weighted by molar-refractivity contribution is 8.00. The van der Waals surface area contributed by atoms with Crippen LogP contribution in [-0.2, 0) is 17.8 Å². The molecule has 0 fully saturated rings. The second-order valence-corrected chi connectivity index (χ2v) is 7.87. The number of hydrogen-bond donors (Lipinski definition) is 0. The number of hydrogen-bond acceptors (Lipinski definition) is 3. The van der Waals surface area contributed by atoms with E-state index in [9.17, 15) is 4.79 Å². The minimum atomic E-state index is -0.0344. The summed E-state index contributed by atoms with van der Waals surface area (Å²) >= 11 is 3.46. The van der Waals surface area contributed by atoms with Gasteiger partial charge in [-0.15, -0.1) is 23.1 Å². The van der Waals surface area contributed by atoms with Gasteiger partial charge in [-0.3, -0.25) is 4.79 Å². The normalized spacial score (nSPS) is 15.6. The van der Waals surface area contributed by atoms with E-state index in [4.69, 9.17) is 0 Å². The molecule has 0 bridgehead atoms. The SMILES string of the molecule is Cc1ccc(SC(C)C(=O)N2CCc3sccc3C2)cc1. The van der Waals surface area contributed by atoms with Crippen LogP contribution >= 0.6 is 23.1 Å². The second kappa shape index (κ2) is 6.24. The van der Waals surface area contributed by atoms with Crippen molar-refractivity contribution in [3.63, 3.8) is 0 Å². The topological polar surface area (TPSA) is 20.3 Å². The number of amides is 1. The monoisotopic (exact) mass is 317 g/mol. The summed E-state index contributed by atoms with van der Waals surface area (Å²) < 4.78 is 0. The zero-order valence-corrected chi connectivity index (χ0v) is 14.0. The first-order valence-electron chi connectivity index (χ1n) is 7.21. The Morgan fingerprint density at radius 2 is 2.05 bits per heavy atom. The Morgan fingerprint density at radius 1 is 1.29 bits per heavy atom. The zero-order chi connectivity index (χ0) is 14.8. The average Bonchev–Trinajstić information content (AvgIpc) is 2.96. The van der Waals surface area contributed by atoms with Crippen molar-refractivity contribution in [2.75, 3.05) is 6.54 Å². The van der Waals surface area contributed by atoms with Gasteiger partial charge in [-0.1, -0.05) is 17.7 Å². The van der Waals surface area contributed by atoms with Crippen LogP contribution in [0.15, 0.2) is 40.6 Å². The molecule has 0 radical (unpaired) electrons. The van der Waals surface area contributed by atoms with E-state index >= 15 is 0 Å². The van der Waals surface area contributed by atoms with Crippen LogP contribution in [0, 0.1) is 6.92 Å². The number of carbonyl (C=O) groups excluding carboxylic acids is 1. The first kappa shape index (κ1) is 14.7. The van der Waals surface area contributed by atoms with Crippen LogP contribution in [0.5, 0.6) is 0 Å². The van der Waals surface area contributed by atoms with Crippen molar-refractivity contribution in [2.45, 2.75) is 37.0 Å². The first-order chi connectivity index (χ1) is 10.1. The Morgan fingerprint density at radius 3 is 2.81 bits per heavy atom. The molecule has 0 saturated carbocycles. The quantitative estimate of drug-likeness (QED) is 0.794. The number of benzene rings is 1. The maximum Gasteiger partial charge on any atom is 0.236 e. The van der Waals surface area contributed by atoms with Gasteiger partial charge < -0.3 is 4.90 Å². The molecular weight excluding hydrogens is 298 g/mol. The standard InChI is InChI=1S/C17H19NOS2/c1-12-3-5-15(6-4-12)21-13(2)17(19)18-9-7-16-14(11-18)8-10-20-16/h3-6,8,10,13H,7,9,11H2,1-2H3. The summed E-state index contributed by atoms with van der Waals surface area (Å²) in [5, 5.41) is 2.09. The first-order valence-corrected chi connectivity index (χ1v) is 8.97. The maximum absolute atomic E-state index is 12.6. The van der Waals surface area contributed by atoms with Crippen molar-refractivity contribution < 1.29 is 4.79 Å². The lowest BCUT2D eigenvalue weighted by Crippen LogP contribution is -2.39. The van der Waals surface area contributed by atoms with Gasteiger partial charge in [0.2, 0.25) is 5.91 Å². The Balaban J connectivity index is 1.64. The van der Waals surface area contributed by atoms with Gasteiger partial charge in [0, 0.05) is 22.9 Å². The third kappa shape index (κ3) is 3.33. The number of rotatable bonds is 3. The maximum atomic E-state index is 12.6. The molecule has 0 saturated heterocycles. The highest BCUT2D eigenvalue weighted by Gasteiger charge is 2.25. The third-order valence-corrected chi connectivity index (χ3v) is 5.92. The van der Waals surface area contributed by atoms with Gasteiger partial charge in [-0.25, -0.2) is 0 Å². The number of nitrogens with zero attached hydrogens (tertiary/aromatic N) is 1. The van der Waals surface area contributed by atoms with E-state index in [0.717, 1.165) is 24.4 Å². The highest BCUT2D eigenvalue weighted by Crippen LogP contribution is 2.28. The molecule has 0 N–H and O–H groups in total. The molecule has 1 aromatic heterocycles. The molecule has 0 spiro atoms. The number of fused-ring (bicyclic) bond motifs is 1. The van der Waals surface area contributed by atoms with Crippen LogP contribution in [0.4, 0.5) is 0 Å². The summed E-state index contributed by atoms with van der Waals surface area (Å²) in [4.78, 5) is 17.2. The van der Waals surface area contributed by atoms with Gasteiger partial charge >= 0.3 is 0 Å². The molecule has 0 aliphatic carbocycles. The van der Waals surface area contributed by atoms with Crippen molar-refractivity contribution in [1.29, 1.82) is 0 Å². The molecular formula is C17H19NOS2. The van der Waals surface area contributed by atoms with Crippen molar-refractivity contribution >= 4 is 29.0 Å². The van der Waals surface area contributed by atoms with E-state index in [-0.39, 0.29) is 11.2 Å². The molecule has 1 amide bonds. The van der Waals surface area contributed by atoms with E-state index in [1.165, 1.54) is 16.0 Å². The predicted molar refractivity (Wildman–Crippen MR) is 89.9 cm³/mol. The summed E-state index contributed by atoms with van der Waals surface area (Å²) in [6.07, 6.45) is 1.00. The molecule has 1 atom stereocenters. The minimum absolute atomic E-state index is 0.0344. The van der Waals surface area contributed by atoms with Crippen molar-refractivity contribution in [3.8, 4) is 0 Å². The van der Waals surface area contributed by atoms with E-state index in [2.05, 4.69) is 42.6 Å². The summed E-state index contributed by atoms with van der Waals surface area (Å²) in [6.45, 7) is 5.72. The van der Waals surface area contributed by atoms with E-state index in [1.54, 1.807) is 11.8 Å². The van der Waals surface area contributed by atoms with E-state index in [0.29, 0.717) is 0 Å². The lowest BCUT2D eigenvalue weighted by atomic mass is 10.1. The number of thiophene rings is 1. The van der Waals surface area contributed by atoms with Crippen molar-refractivity contribution in [2.24, 2.45) is 0 Å². The molecule has 1 unspecified atom stereocenters. The third-order valence-electron chi connectivity index (χ3n) is 3.80. The van der Waals surface area contributed by atoms with Crippen LogP contribution in [-0.4, -0.2) is 22.6 Å². The van der Waals surface area contributed by atoms with E-state index in [1.807, 2.05) is 23.2 Å². The minimum Gasteiger partial charge on any atom is -0.337 e. The smallest absolute Gasteiger partial charge is 0.236 e. The molecule has 110 valence electrons. The fraction of sp³-hybridized carbons (Fsp3) is 0.353. The molecule has 3 rings (SSSR count). The lowest BCUT2D eigenvalue weighted by Gasteiger charge is -2.29. The molecule has 1 aliphatic rings. The number of aryl methyl sites for hydroxylation is 1. The summed E-state index contributed by atoms with van der Waals surface area (Å²) in [5.41, 5.74) is 2.58. The molecule has 1 aromatic carbocycles. The molecule has 4 heteroatoms. The Labute approximate surface area is 134 Å². The summed E-state index contributed by atoms with van der Waals surface area (Å²) in [6, 6.07) is 10.5. The molecule has 2 nitrogen and oxygen atoms in total. The van der Waals surface area contributed by atoms with Crippen LogP contribution in [0.2, 0.25) is 0 Å². The van der Waals surface area contributed by atoms with Crippen molar-refractivity contribution in [3.05, 3.63) is 51.7 Å². The van der Waals surface area contributed by atoms with E-state index < -0.39 is 0 Å². The van der Waals surface area contributed by atoms with Gasteiger partial charge in [-0.2, -0.15) is 0 Å². The van der Waals surface area contributed by atoms with Crippen LogP contribution in [0.3, 0.4) is 0 Å². The Bertz CT molecular complexity index is 632. The fourth-order valence-electron chi connectivity index (χ4n) is 2.57. The molecule has 2 heterocycles. The molecule has 2 aromatic rings. The second-order valence-electron chi connectivity index (χ2n) is 5.45. The molecule has 1 aliphatic heterocycles. The van der Waals surface area contributed by atoms with Crippen LogP contribution in [0.1, 0.15) is 22.9 Å². The van der Waals surface area contributed by atoms with Gasteiger partial charge in [0.25, 0.3) is 0 Å². The fourth-order valence-corrected chi connectivity index (χ4v) is 4.41. The predicted octanol–water partition coefficient (Wildman–Crippen LogP) is 4.12. The van der Waals surface area contributed by atoms with Crippen molar-refractivity contribution in [1.82, 2.24) is 4.90 Å². The van der Waals surface area contributed by atoms with Gasteiger partial charge in [0.15, 0.2) is 0 Å². The highest BCUT2D eigenvalue weighted by atomic mass is 32.2. The van der Waals surface area contributed by atoms with Gasteiger partial charge in [0.05, 0.1) is 5.25 Å². The number of carbonyl (C=O) groups is 1. The summed E-state index contributed by atoms with van der Waals surface area (Å²) in [5.74, 6) is 0.248. The number of thioether (sulfide) groups is 1. The van der Waals surface area contributed by atoms with Crippen LogP contribution < -0.4 is 0 Å². The summed E-state index contributed by atoms with van der Waals surface area (Å²) in [7, 11) is 0.